The lowest BCUT2D eigenvalue weighted by atomic mass is 9.97. The average molecular weight is 367 g/mol. The van der Waals surface area contributed by atoms with Crippen LogP contribution >= 0.6 is 0 Å². The highest BCUT2D eigenvalue weighted by Crippen LogP contribution is 2.27. The Balaban J connectivity index is 1.33. The quantitative estimate of drug-likeness (QED) is 0.763. The highest BCUT2D eigenvalue weighted by molar-refractivity contribution is 5.89. The Labute approximate surface area is 156 Å². The zero-order valence-electron chi connectivity index (χ0n) is 15.3. The molecule has 9 heteroatoms. The number of nitrogens with zero attached hydrogens (tertiary/aromatic N) is 6. The molecule has 3 heterocycles. The molecule has 0 aliphatic carbocycles. The number of carbonyl (C=O) groups is 1. The predicted molar refractivity (Wildman–Crippen MR) is 98.0 cm³/mol. The molecular formula is C18H21N7O2. The predicted octanol–water partition coefficient (Wildman–Crippen LogP) is 2.59. The highest BCUT2D eigenvalue weighted by atomic mass is 16.5. The first-order chi connectivity index (χ1) is 13.1. The van der Waals surface area contributed by atoms with E-state index in [0.717, 1.165) is 24.1 Å². The standard InChI is InChI=1S/C18H21N7O2/c1-12-20-17(27-23-12)14-7-9-25(10-8-14)18(26)21-15-5-3-13(4-6-15)16-19-11-24(2)22-16/h3-6,11,14H,7-10H2,1-2H3,(H,21,26). The topological polar surface area (TPSA) is 102 Å². The molecule has 1 aliphatic heterocycles. The molecule has 1 saturated heterocycles. The number of hydrogen-bond acceptors (Lipinski definition) is 6. The monoisotopic (exact) mass is 367 g/mol. The molecule has 4 rings (SSSR count). The molecule has 0 unspecified atom stereocenters. The Kier molecular flexibility index (Phi) is 4.57. The maximum atomic E-state index is 12.5. The Morgan fingerprint density at radius 3 is 2.56 bits per heavy atom. The molecule has 27 heavy (non-hydrogen) atoms. The first-order valence-electron chi connectivity index (χ1n) is 8.91. The minimum absolute atomic E-state index is 0.0983. The van der Waals surface area contributed by atoms with Crippen LogP contribution in [0.1, 0.15) is 30.5 Å². The van der Waals surface area contributed by atoms with E-state index in [0.29, 0.717) is 30.6 Å². The zero-order chi connectivity index (χ0) is 18.8. The van der Waals surface area contributed by atoms with Crippen LogP contribution in [0.4, 0.5) is 10.5 Å². The van der Waals surface area contributed by atoms with Gasteiger partial charge in [-0.3, -0.25) is 4.68 Å². The van der Waals surface area contributed by atoms with Gasteiger partial charge in [-0.25, -0.2) is 9.78 Å². The SMILES string of the molecule is Cc1noc(C2CCN(C(=O)Nc3ccc(-c4ncn(C)n4)cc3)CC2)n1. The number of urea groups is 1. The van der Waals surface area contributed by atoms with E-state index in [-0.39, 0.29) is 11.9 Å². The van der Waals surface area contributed by atoms with Crippen LogP contribution in [-0.2, 0) is 7.05 Å². The summed E-state index contributed by atoms with van der Waals surface area (Å²) < 4.78 is 6.91. The molecule has 2 amide bonds. The van der Waals surface area contributed by atoms with Crippen LogP contribution in [0.15, 0.2) is 35.1 Å². The summed E-state index contributed by atoms with van der Waals surface area (Å²) in [4.78, 5) is 22.8. The molecule has 9 nitrogen and oxygen atoms in total. The van der Waals surface area contributed by atoms with E-state index in [1.54, 1.807) is 11.0 Å². The number of aryl methyl sites for hydroxylation is 2. The third kappa shape index (κ3) is 3.81. The molecule has 0 atom stereocenters. The van der Waals surface area contributed by atoms with E-state index in [1.165, 1.54) is 0 Å². The molecule has 2 aromatic heterocycles. The van der Waals surface area contributed by atoms with Crippen molar-refractivity contribution in [3.8, 4) is 11.4 Å². The number of hydrogen-bond donors (Lipinski definition) is 1. The molecule has 0 bridgehead atoms. The summed E-state index contributed by atoms with van der Waals surface area (Å²) in [6, 6.07) is 7.41. The smallest absolute Gasteiger partial charge is 0.321 e. The van der Waals surface area contributed by atoms with Gasteiger partial charge < -0.3 is 14.7 Å². The van der Waals surface area contributed by atoms with E-state index in [1.807, 2.05) is 43.1 Å². The minimum Gasteiger partial charge on any atom is -0.339 e. The Hall–Kier alpha value is -3.23. The van der Waals surface area contributed by atoms with Gasteiger partial charge in [-0.05, 0) is 44.0 Å². The van der Waals surface area contributed by atoms with Crippen LogP contribution in [0.25, 0.3) is 11.4 Å². The van der Waals surface area contributed by atoms with Gasteiger partial charge in [0.25, 0.3) is 0 Å². The molecule has 0 saturated carbocycles. The molecule has 140 valence electrons. The number of amides is 2. The molecule has 1 aromatic carbocycles. The van der Waals surface area contributed by atoms with Crippen molar-refractivity contribution >= 4 is 11.7 Å². The maximum absolute atomic E-state index is 12.5. The Bertz CT molecular complexity index is 923. The van der Waals surface area contributed by atoms with Crippen LogP contribution in [0.5, 0.6) is 0 Å². The second-order valence-corrected chi connectivity index (χ2v) is 6.69. The van der Waals surface area contributed by atoms with Gasteiger partial charge in [0.05, 0.1) is 0 Å². The van der Waals surface area contributed by atoms with Gasteiger partial charge in [-0.1, -0.05) is 5.16 Å². The second kappa shape index (κ2) is 7.18. The normalized spacial score (nSPS) is 15.1. The summed E-state index contributed by atoms with van der Waals surface area (Å²) in [5, 5.41) is 11.1. The number of rotatable bonds is 3. The number of piperidine rings is 1. The molecule has 1 N–H and O–H groups in total. The summed E-state index contributed by atoms with van der Waals surface area (Å²) in [7, 11) is 1.83. The van der Waals surface area contributed by atoms with Crippen molar-refractivity contribution in [1.29, 1.82) is 0 Å². The summed E-state index contributed by atoms with van der Waals surface area (Å²) in [5.41, 5.74) is 1.65. The van der Waals surface area contributed by atoms with Crippen LogP contribution in [0, 0.1) is 6.92 Å². The van der Waals surface area contributed by atoms with Crippen LogP contribution in [0.3, 0.4) is 0 Å². The largest absolute Gasteiger partial charge is 0.339 e. The third-order valence-corrected chi connectivity index (χ3v) is 4.67. The average Bonchev–Trinajstić information content (AvgIpc) is 3.31. The maximum Gasteiger partial charge on any atom is 0.321 e. The Morgan fingerprint density at radius 1 is 1.22 bits per heavy atom. The van der Waals surface area contributed by atoms with Crippen molar-refractivity contribution in [1.82, 2.24) is 29.8 Å². The van der Waals surface area contributed by atoms with Crippen molar-refractivity contribution in [3.05, 3.63) is 42.3 Å². The van der Waals surface area contributed by atoms with Crippen molar-refractivity contribution in [2.45, 2.75) is 25.7 Å². The van der Waals surface area contributed by atoms with Crippen molar-refractivity contribution in [2.24, 2.45) is 7.05 Å². The third-order valence-electron chi connectivity index (χ3n) is 4.67. The second-order valence-electron chi connectivity index (χ2n) is 6.69. The fraction of sp³-hybridized carbons (Fsp3) is 0.389. The number of anilines is 1. The first kappa shape index (κ1) is 17.2. The van der Waals surface area contributed by atoms with Gasteiger partial charge in [0.1, 0.15) is 6.33 Å². The zero-order valence-corrected chi connectivity index (χ0v) is 15.3. The number of aromatic nitrogens is 5. The molecule has 0 radical (unpaired) electrons. The van der Waals surface area contributed by atoms with Crippen molar-refractivity contribution < 1.29 is 9.32 Å². The lowest BCUT2D eigenvalue weighted by Crippen LogP contribution is -2.40. The minimum atomic E-state index is -0.0983. The van der Waals surface area contributed by atoms with Crippen LogP contribution in [-0.4, -0.2) is 48.9 Å². The molecular weight excluding hydrogens is 346 g/mol. The van der Waals surface area contributed by atoms with Crippen molar-refractivity contribution in [2.75, 3.05) is 18.4 Å². The van der Waals surface area contributed by atoms with Gasteiger partial charge >= 0.3 is 6.03 Å². The fourth-order valence-electron chi connectivity index (χ4n) is 3.19. The Morgan fingerprint density at radius 2 is 1.96 bits per heavy atom. The lowest BCUT2D eigenvalue weighted by Gasteiger charge is -2.30. The van der Waals surface area contributed by atoms with E-state index in [9.17, 15) is 4.79 Å². The number of nitrogens with one attached hydrogen (secondary N) is 1. The summed E-state index contributed by atoms with van der Waals surface area (Å²) in [5.74, 6) is 2.20. The van der Waals surface area contributed by atoms with E-state index in [2.05, 4.69) is 25.5 Å². The summed E-state index contributed by atoms with van der Waals surface area (Å²) in [6.07, 6.45) is 3.29. The molecule has 0 spiro atoms. The van der Waals surface area contributed by atoms with Crippen molar-refractivity contribution in [3.63, 3.8) is 0 Å². The van der Waals surface area contributed by atoms with Crippen LogP contribution in [0.2, 0.25) is 0 Å². The van der Waals surface area contributed by atoms with Gasteiger partial charge in [-0.2, -0.15) is 10.1 Å². The first-order valence-corrected chi connectivity index (χ1v) is 8.91. The van der Waals surface area contributed by atoms with Gasteiger partial charge in [0.15, 0.2) is 11.6 Å². The lowest BCUT2D eigenvalue weighted by molar-refractivity contribution is 0.187. The number of carbonyl (C=O) groups excluding carboxylic acids is 1. The van der Waals surface area contributed by atoms with Gasteiger partial charge in [0.2, 0.25) is 5.89 Å². The number of likely N-dealkylation sites (tertiary alicyclic amines) is 1. The van der Waals surface area contributed by atoms with Crippen LogP contribution < -0.4 is 5.32 Å². The highest BCUT2D eigenvalue weighted by Gasteiger charge is 2.27. The van der Waals surface area contributed by atoms with Gasteiger partial charge in [0, 0.05) is 37.3 Å². The number of benzene rings is 1. The van der Waals surface area contributed by atoms with E-state index < -0.39 is 0 Å². The molecule has 1 fully saturated rings. The van der Waals surface area contributed by atoms with E-state index >= 15 is 0 Å². The summed E-state index contributed by atoms with van der Waals surface area (Å²) >= 11 is 0. The molecule has 1 aliphatic rings. The summed E-state index contributed by atoms with van der Waals surface area (Å²) in [6.45, 7) is 3.13. The molecule has 3 aromatic rings. The van der Waals surface area contributed by atoms with E-state index in [4.69, 9.17) is 4.52 Å². The van der Waals surface area contributed by atoms with Gasteiger partial charge in [-0.15, -0.1) is 0 Å². The fourth-order valence-corrected chi connectivity index (χ4v) is 3.19.